The van der Waals surface area contributed by atoms with Crippen molar-refractivity contribution in [1.82, 2.24) is 20.0 Å². The van der Waals surface area contributed by atoms with E-state index in [1.807, 2.05) is 0 Å². The van der Waals surface area contributed by atoms with Crippen LogP contribution in [0.2, 0.25) is 0 Å². The summed E-state index contributed by atoms with van der Waals surface area (Å²) in [6.07, 6.45) is 5.14. The molecule has 4 heterocycles. The SMILES string of the molecule is O=C(c1ccc(F)cn1)N1CCCC(OCCc2noc(C3CCOCC3)n2)C1. The van der Waals surface area contributed by atoms with E-state index in [0.29, 0.717) is 37.8 Å². The lowest BCUT2D eigenvalue weighted by molar-refractivity contribution is 0.00232. The van der Waals surface area contributed by atoms with Crippen molar-refractivity contribution in [1.29, 1.82) is 0 Å². The highest BCUT2D eigenvalue weighted by molar-refractivity contribution is 5.92. The summed E-state index contributed by atoms with van der Waals surface area (Å²) in [6, 6.07) is 2.66. The van der Waals surface area contributed by atoms with E-state index in [1.54, 1.807) is 4.90 Å². The van der Waals surface area contributed by atoms with Gasteiger partial charge in [-0.25, -0.2) is 9.37 Å². The quantitative estimate of drug-likeness (QED) is 0.730. The van der Waals surface area contributed by atoms with Crippen LogP contribution in [-0.4, -0.2) is 64.9 Å². The van der Waals surface area contributed by atoms with Crippen molar-refractivity contribution in [2.45, 2.75) is 44.1 Å². The molecular formula is C20H25FN4O4. The van der Waals surface area contributed by atoms with Crippen LogP contribution in [0.3, 0.4) is 0 Å². The normalized spacial score (nSPS) is 20.7. The average molecular weight is 404 g/mol. The van der Waals surface area contributed by atoms with E-state index in [4.69, 9.17) is 14.0 Å². The Balaban J connectivity index is 1.24. The minimum Gasteiger partial charge on any atom is -0.381 e. The van der Waals surface area contributed by atoms with Gasteiger partial charge in [-0.15, -0.1) is 0 Å². The van der Waals surface area contributed by atoms with Crippen LogP contribution < -0.4 is 0 Å². The minimum absolute atomic E-state index is 0.0463. The molecule has 1 amide bonds. The van der Waals surface area contributed by atoms with E-state index < -0.39 is 5.82 Å². The van der Waals surface area contributed by atoms with Gasteiger partial charge < -0.3 is 18.9 Å². The zero-order valence-electron chi connectivity index (χ0n) is 16.3. The number of rotatable bonds is 6. The van der Waals surface area contributed by atoms with Crippen LogP contribution in [0.15, 0.2) is 22.9 Å². The van der Waals surface area contributed by atoms with Gasteiger partial charge in [0.05, 0.1) is 18.9 Å². The predicted molar refractivity (Wildman–Crippen MR) is 99.9 cm³/mol. The van der Waals surface area contributed by atoms with Crippen LogP contribution in [0.1, 0.15) is 53.8 Å². The van der Waals surface area contributed by atoms with Gasteiger partial charge in [0.15, 0.2) is 5.82 Å². The van der Waals surface area contributed by atoms with Crippen LogP contribution in [0.4, 0.5) is 4.39 Å². The van der Waals surface area contributed by atoms with Gasteiger partial charge in [0.2, 0.25) is 5.89 Å². The van der Waals surface area contributed by atoms with Crippen LogP contribution in [0.5, 0.6) is 0 Å². The first-order chi connectivity index (χ1) is 14.2. The van der Waals surface area contributed by atoms with Crippen LogP contribution in [0.25, 0.3) is 0 Å². The lowest BCUT2D eigenvalue weighted by Gasteiger charge is -2.32. The standard InChI is InChI=1S/C20H25FN4O4/c21-15-3-4-17(22-12-15)20(26)25-8-1-2-16(13-25)28-11-7-18-23-19(29-24-18)14-5-9-27-10-6-14/h3-4,12,14,16H,1-2,5-11,13H2. The highest BCUT2D eigenvalue weighted by atomic mass is 19.1. The lowest BCUT2D eigenvalue weighted by Crippen LogP contribution is -2.43. The molecule has 9 heteroatoms. The van der Waals surface area contributed by atoms with Gasteiger partial charge in [-0.3, -0.25) is 4.79 Å². The lowest BCUT2D eigenvalue weighted by atomic mass is 10.0. The minimum atomic E-state index is -0.456. The highest BCUT2D eigenvalue weighted by Gasteiger charge is 2.26. The molecule has 0 radical (unpaired) electrons. The van der Waals surface area contributed by atoms with E-state index in [-0.39, 0.29) is 23.6 Å². The third-order valence-electron chi connectivity index (χ3n) is 5.35. The Morgan fingerprint density at radius 3 is 2.93 bits per heavy atom. The second-order valence-electron chi connectivity index (χ2n) is 7.43. The summed E-state index contributed by atoms with van der Waals surface area (Å²) in [5, 5.41) is 4.05. The van der Waals surface area contributed by atoms with Gasteiger partial charge in [0.25, 0.3) is 5.91 Å². The number of piperidine rings is 1. The summed E-state index contributed by atoms with van der Waals surface area (Å²) in [6.45, 7) is 3.08. The summed E-state index contributed by atoms with van der Waals surface area (Å²) >= 11 is 0. The van der Waals surface area contributed by atoms with Crippen molar-refractivity contribution in [3.63, 3.8) is 0 Å². The van der Waals surface area contributed by atoms with Gasteiger partial charge >= 0.3 is 0 Å². The fraction of sp³-hybridized carbons (Fsp3) is 0.600. The molecule has 2 aromatic rings. The summed E-state index contributed by atoms with van der Waals surface area (Å²) in [5.41, 5.74) is 0.250. The van der Waals surface area contributed by atoms with Crippen molar-refractivity contribution in [2.24, 2.45) is 0 Å². The van der Waals surface area contributed by atoms with Gasteiger partial charge in [-0.1, -0.05) is 5.16 Å². The molecule has 4 rings (SSSR count). The fourth-order valence-electron chi connectivity index (χ4n) is 3.72. The molecule has 0 saturated carbocycles. The number of hydrogen-bond acceptors (Lipinski definition) is 7. The fourth-order valence-corrected chi connectivity index (χ4v) is 3.72. The van der Waals surface area contributed by atoms with E-state index >= 15 is 0 Å². The number of nitrogens with zero attached hydrogens (tertiary/aromatic N) is 4. The van der Waals surface area contributed by atoms with E-state index in [1.165, 1.54) is 12.1 Å². The molecular weight excluding hydrogens is 379 g/mol. The zero-order valence-corrected chi connectivity index (χ0v) is 16.3. The van der Waals surface area contributed by atoms with Gasteiger partial charge in [-0.05, 0) is 37.8 Å². The van der Waals surface area contributed by atoms with Crippen LogP contribution in [-0.2, 0) is 15.9 Å². The van der Waals surface area contributed by atoms with Crippen molar-refractivity contribution in [2.75, 3.05) is 32.9 Å². The van der Waals surface area contributed by atoms with Crippen molar-refractivity contribution < 1.29 is 23.2 Å². The topological polar surface area (TPSA) is 90.6 Å². The van der Waals surface area contributed by atoms with Crippen LogP contribution in [0, 0.1) is 5.82 Å². The molecule has 2 fully saturated rings. The molecule has 0 spiro atoms. The Morgan fingerprint density at radius 1 is 1.28 bits per heavy atom. The molecule has 0 bridgehead atoms. The third-order valence-corrected chi connectivity index (χ3v) is 5.35. The predicted octanol–water partition coefficient (Wildman–Crippen LogP) is 2.36. The van der Waals surface area contributed by atoms with Gasteiger partial charge in [0, 0.05) is 38.6 Å². The van der Waals surface area contributed by atoms with Gasteiger partial charge in [-0.2, -0.15) is 4.98 Å². The molecule has 2 saturated heterocycles. The maximum absolute atomic E-state index is 13.0. The Morgan fingerprint density at radius 2 is 2.14 bits per heavy atom. The molecule has 1 atom stereocenters. The molecule has 29 heavy (non-hydrogen) atoms. The monoisotopic (exact) mass is 404 g/mol. The smallest absolute Gasteiger partial charge is 0.272 e. The number of amides is 1. The van der Waals surface area contributed by atoms with Crippen molar-refractivity contribution >= 4 is 5.91 Å². The first-order valence-electron chi connectivity index (χ1n) is 10.1. The maximum Gasteiger partial charge on any atom is 0.272 e. The Bertz CT molecular complexity index is 807. The Kier molecular flexibility index (Phi) is 6.46. The highest BCUT2D eigenvalue weighted by Crippen LogP contribution is 2.25. The molecule has 0 N–H and O–H groups in total. The first kappa shape index (κ1) is 19.9. The molecule has 2 aromatic heterocycles. The largest absolute Gasteiger partial charge is 0.381 e. The number of pyridine rings is 1. The summed E-state index contributed by atoms with van der Waals surface area (Å²) in [7, 11) is 0. The van der Waals surface area contributed by atoms with E-state index in [2.05, 4.69) is 15.1 Å². The van der Waals surface area contributed by atoms with Crippen LogP contribution >= 0.6 is 0 Å². The number of aromatic nitrogens is 3. The number of likely N-dealkylation sites (tertiary alicyclic amines) is 1. The Hall–Kier alpha value is -2.39. The second kappa shape index (κ2) is 9.41. The zero-order chi connectivity index (χ0) is 20.1. The number of hydrogen-bond donors (Lipinski definition) is 0. The molecule has 156 valence electrons. The first-order valence-corrected chi connectivity index (χ1v) is 10.1. The summed E-state index contributed by atoms with van der Waals surface area (Å²) in [4.78, 5) is 22.6. The van der Waals surface area contributed by atoms with Crippen molar-refractivity contribution in [3.05, 3.63) is 41.6 Å². The number of halogens is 1. The molecule has 0 aromatic carbocycles. The maximum atomic E-state index is 13.0. The van der Waals surface area contributed by atoms with E-state index in [0.717, 1.165) is 45.1 Å². The van der Waals surface area contributed by atoms with Crippen molar-refractivity contribution in [3.8, 4) is 0 Å². The summed E-state index contributed by atoms with van der Waals surface area (Å²) < 4.78 is 29.7. The second-order valence-corrected chi connectivity index (χ2v) is 7.43. The molecule has 2 aliphatic rings. The van der Waals surface area contributed by atoms with E-state index in [9.17, 15) is 9.18 Å². The number of carbonyl (C=O) groups is 1. The number of ether oxygens (including phenoxy) is 2. The van der Waals surface area contributed by atoms with Gasteiger partial charge in [0.1, 0.15) is 11.5 Å². The number of carbonyl (C=O) groups excluding carboxylic acids is 1. The summed E-state index contributed by atoms with van der Waals surface area (Å²) in [5.74, 6) is 0.958. The Labute approximate surface area is 168 Å². The molecule has 2 aliphatic heterocycles. The molecule has 8 nitrogen and oxygen atoms in total. The molecule has 1 unspecified atom stereocenters. The average Bonchev–Trinajstić information content (AvgIpc) is 3.24. The molecule has 0 aliphatic carbocycles. The third kappa shape index (κ3) is 5.16.